The standard InChI is InChI=1S/C25H27N5O3S/c1-18-16-23(27-33-18)26-24(31)17-28-12-14-29(15-13-28)25(32)10-11-30-19-6-2-4-8-21(19)34-22-9-5-3-7-20(22)30/h2-9,16H,10-15,17H2,1H3,(H,26,27,31). The van der Waals surface area contributed by atoms with Gasteiger partial charge in [-0.05, 0) is 31.2 Å². The van der Waals surface area contributed by atoms with Crippen LogP contribution in [-0.2, 0) is 9.59 Å². The molecule has 1 saturated heterocycles. The van der Waals surface area contributed by atoms with E-state index < -0.39 is 0 Å². The van der Waals surface area contributed by atoms with E-state index in [2.05, 4.69) is 56.7 Å². The zero-order chi connectivity index (χ0) is 23.5. The lowest BCUT2D eigenvalue weighted by atomic mass is 10.2. The Bertz CT molecular complexity index is 1140. The van der Waals surface area contributed by atoms with Crippen LogP contribution in [0, 0.1) is 6.92 Å². The van der Waals surface area contributed by atoms with Crippen LogP contribution in [-0.4, -0.2) is 66.0 Å². The van der Waals surface area contributed by atoms with Gasteiger partial charge in [0.1, 0.15) is 5.76 Å². The van der Waals surface area contributed by atoms with Crippen molar-refractivity contribution in [3.05, 3.63) is 60.4 Å². The van der Waals surface area contributed by atoms with Crippen molar-refractivity contribution >= 4 is 40.8 Å². The zero-order valence-corrected chi connectivity index (χ0v) is 19.9. The van der Waals surface area contributed by atoms with Gasteiger partial charge >= 0.3 is 0 Å². The summed E-state index contributed by atoms with van der Waals surface area (Å²) in [6.07, 6.45) is 0.444. The fraction of sp³-hybridized carbons (Fsp3) is 0.320. The average Bonchev–Trinajstić information content (AvgIpc) is 3.26. The lowest BCUT2D eigenvalue weighted by Gasteiger charge is -2.36. The molecule has 2 aliphatic heterocycles. The largest absolute Gasteiger partial charge is 0.360 e. The Morgan fingerprint density at radius 1 is 1.00 bits per heavy atom. The molecule has 0 radical (unpaired) electrons. The second-order valence-electron chi connectivity index (χ2n) is 8.47. The van der Waals surface area contributed by atoms with Gasteiger partial charge < -0.3 is 19.6 Å². The zero-order valence-electron chi connectivity index (χ0n) is 19.1. The first kappa shape index (κ1) is 22.5. The van der Waals surface area contributed by atoms with Gasteiger partial charge in [0, 0.05) is 55.0 Å². The molecule has 5 rings (SSSR count). The van der Waals surface area contributed by atoms with Crippen LogP contribution in [0.15, 0.2) is 68.9 Å². The third kappa shape index (κ3) is 4.95. The molecule has 2 aliphatic rings. The number of carbonyl (C=O) groups is 2. The molecule has 0 unspecified atom stereocenters. The Morgan fingerprint density at radius 3 is 2.26 bits per heavy atom. The molecule has 0 bridgehead atoms. The molecular formula is C25H27N5O3S. The van der Waals surface area contributed by atoms with Gasteiger partial charge in [-0.15, -0.1) is 0 Å². The lowest BCUT2D eigenvalue weighted by molar-refractivity contribution is -0.132. The summed E-state index contributed by atoms with van der Waals surface area (Å²) in [4.78, 5) is 33.9. The molecule has 176 valence electrons. The minimum atomic E-state index is -0.131. The Morgan fingerprint density at radius 2 is 1.65 bits per heavy atom. The first-order valence-corrected chi connectivity index (χ1v) is 12.3. The van der Waals surface area contributed by atoms with E-state index >= 15 is 0 Å². The highest BCUT2D eigenvalue weighted by Gasteiger charge is 2.26. The second kappa shape index (κ2) is 9.90. The lowest BCUT2D eigenvalue weighted by Crippen LogP contribution is -2.50. The van der Waals surface area contributed by atoms with Crippen LogP contribution in [0.4, 0.5) is 17.2 Å². The number of benzene rings is 2. The molecule has 1 aromatic heterocycles. The van der Waals surface area contributed by atoms with Gasteiger partial charge in [-0.25, -0.2) is 0 Å². The van der Waals surface area contributed by atoms with E-state index in [1.54, 1.807) is 24.8 Å². The summed E-state index contributed by atoms with van der Waals surface area (Å²) in [5.41, 5.74) is 2.30. The molecule has 0 aliphatic carbocycles. The molecule has 0 spiro atoms. The van der Waals surface area contributed by atoms with Gasteiger partial charge in [0.2, 0.25) is 11.8 Å². The third-order valence-corrected chi connectivity index (χ3v) is 7.20. The number of hydrogen-bond donors (Lipinski definition) is 1. The summed E-state index contributed by atoms with van der Waals surface area (Å²) in [7, 11) is 0. The SMILES string of the molecule is Cc1cc(NC(=O)CN2CCN(C(=O)CCN3c4ccccc4Sc4ccccc43)CC2)no1. The van der Waals surface area contributed by atoms with E-state index in [1.165, 1.54) is 9.79 Å². The summed E-state index contributed by atoms with van der Waals surface area (Å²) in [5, 5.41) is 6.53. The monoisotopic (exact) mass is 477 g/mol. The Hall–Kier alpha value is -3.30. The van der Waals surface area contributed by atoms with Gasteiger partial charge in [-0.1, -0.05) is 41.2 Å². The highest BCUT2D eigenvalue weighted by molar-refractivity contribution is 7.99. The number of rotatable bonds is 6. The van der Waals surface area contributed by atoms with Crippen LogP contribution in [0.1, 0.15) is 12.2 Å². The Labute approximate surface area is 202 Å². The average molecular weight is 478 g/mol. The van der Waals surface area contributed by atoms with Crippen molar-refractivity contribution in [2.45, 2.75) is 23.1 Å². The normalized spacial score (nSPS) is 15.6. The second-order valence-corrected chi connectivity index (χ2v) is 9.55. The van der Waals surface area contributed by atoms with Crippen molar-refractivity contribution in [1.82, 2.24) is 15.0 Å². The maximum atomic E-state index is 13.0. The van der Waals surface area contributed by atoms with E-state index in [4.69, 9.17) is 4.52 Å². The van der Waals surface area contributed by atoms with Crippen LogP contribution in [0.2, 0.25) is 0 Å². The van der Waals surface area contributed by atoms with Gasteiger partial charge in [-0.2, -0.15) is 0 Å². The number of fused-ring (bicyclic) bond motifs is 2. The highest BCUT2D eigenvalue weighted by atomic mass is 32.2. The smallest absolute Gasteiger partial charge is 0.239 e. The van der Waals surface area contributed by atoms with Crippen molar-refractivity contribution < 1.29 is 14.1 Å². The van der Waals surface area contributed by atoms with Gasteiger partial charge in [0.05, 0.1) is 17.9 Å². The van der Waals surface area contributed by atoms with Crippen molar-refractivity contribution in [2.75, 3.05) is 49.5 Å². The van der Waals surface area contributed by atoms with Crippen molar-refractivity contribution in [3.8, 4) is 0 Å². The molecule has 9 heteroatoms. The maximum Gasteiger partial charge on any atom is 0.239 e. The summed E-state index contributed by atoms with van der Waals surface area (Å²) in [5.74, 6) is 1.09. The summed E-state index contributed by atoms with van der Waals surface area (Å²) >= 11 is 1.77. The van der Waals surface area contributed by atoms with E-state index in [9.17, 15) is 9.59 Å². The van der Waals surface area contributed by atoms with Crippen molar-refractivity contribution in [3.63, 3.8) is 0 Å². The first-order valence-electron chi connectivity index (χ1n) is 11.4. The summed E-state index contributed by atoms with van der Waals surface area (Å²) < 4.78 is 4.97. The molecule has 8 nitrogen and oxygen atoms in total. The van der Waals surface area contributed by atoms with E-state index in [0.717, 1.165) is 11.4 Å². The Kier molecular flexibility index (Phi) is 6.55. The minimum absolute atomic E-state index is 0.131. The van der Waals surface area contributed by atoms with E-state index in [0.29, 0.717) is 50.7 Å². The molecule has 2 amide bonds. The molecule has 3 aromatic rings. The van der Waals surface area contributed by atoms with E-state index in [1.807, 2.05) is 17.0 Å². The van der Waals surface area contributed by atoms with Gasteiger partial charge in [0.25, 0.3) is 0 Å². The van der Waals surface area contributed by atoms with Crippen molar-refractivity contribution in [1.29, 1.82) is 0 Å². The fourth-order valence-corrected chi connectivity index (χ4v) is 5.45. The van der Waals surface area contributed by atoms with Crippen LogP contribution >= 0.6 is 11.8 Å². The van der Waals surface area contributed by atoms with Crippen LogP contribution in [0.5, 0.6) is 0 Å². The molecule has 2 aromatic carbocycles. The van der Waals surface area contributed by atoms with Crippen LogP contribution < -0.4 is 10.2 Å². The maximum absolute atomic E-state index is 13.0. The van der Waals surface area contributed by atoms with Crippen LogP contribution in [0.3, 0.4) is 0 Å². The minimum Gasteiger partial charge on any atom is -0.360 e. The predicted octanol–water partition coefficient (Wildman–Crippen LogP) is 3.76. The van der Waals surface area contributed by atoms with Gasteiger partial charge in [0.15, 0.2) is 5.82 Å². The number of para-hydroxylation sites is 2. The molecule has 1 N–H and O–H groups in total. The number of anilines is 3. The molecule has 0 saturated carbocycles. The quantitative estimate of drug-likeness (QED) is 0.579. The topological polar surface area (TPSA) is 81.9 Å². The number of aromatic nitrogens is 1. The number of nitrogens with zero attached hydrogens (tertiary/aromatic N) is 4. The fourth-order valence-electron chi connectivity index (χ4n) is 4.35. The summed E-state index contributed by atoms with van der Waals surface area (Å²) in [6, 6.07) is 18.4. The van der Waals surface area contributed by atoms with E-state index in [-0.39, 0.29) is 18.4 Å². The number of nitrogens with one attached hydrogen (secondary N) is 1. The molecular weight excluding hydrogens is 450 g/mol. The molecule has 1 fully saturated rings. The molecule has 3 heterocycles. The predicted molar refractivity (Wildman–Crippen MR) is 132 cm³/mol. The molecule has 0 atom stereocenters. The van der Waals surface area contributed by atoms with Crippen LogP contribution in [0.25, 0.3) is 0 Å². The summed E-state index contributed by atoms with van der Waals surface area (Å²) in [6.45, 7) is 5.27. The highest BCUT2D eigenvalue weighted by Crippen LogP contribution is 2.47. The number of piperazine rings is 1. The molecule has 34 heavy (non-hydrogen) atoms. The van der Waals surface area contributed by atoms with Gasteiger partial charge in [-0.3, -0.25) is 14.5 Å². The number of hydrogen-bond acceptors (Lipinski definition) is 7. The Balaban J connectivity index is 1.14. The third-order valence-electron chi connectivity index (χ3n) is 6.07. The number of carbonyl (C=O) groups excluding carboxylic acids is 2. The number of aryl methyl sites for hydroxylation is 1. The van der Waals surface area contributed by atoms with Crippen molar-refractivity contribution in [2.24, 2.45) is 0 Å². The first-order chi connectivity index (χ1) is 16.6. The number of amides is 2.